The van der Waals surface area contributed by atoms with E-state index in [2.05, 4.69) is 60.9 Å². The number of unbranched alkanes of at least 4 members (excludes halogenated alkanes) is 4. The Kier molecular flexibility index (Phi) is 20.0. The van der Waals surface area contributed by atoms with E-state index in [4.69, 9.17) is 0 Å². The molecule has 0 aromatic heterocycles. The predicted molar refractivity (Wildman–Crippen MR) is 120 cm³/mol. The van der Waals surface area contributed by atoms with Crippen molar-refractivity contribution in [1.29, 1.82) is 0 Å². The van der Waals surface area contributed by atoms with Gasteiger partial charge in [0, 0.05) is 25.9 Å². The molecule has 28 heavy (non-hydrogen) atoms. The molecule has 0 unspecified atom stereocenters. The van der Waals surface area contributed by atoms with Crippen molar-refractivity contribution in [3.8, 4) is 0 Å². The molecule has 0 bridgehead atoms. The highest BCUT2D eigenvalue weighted by Gasteiger charge is 1.98. The number of allylic oxidation sites excluding steroid dienone is 5. The van der Waals surface area contributed by atoms with Crippen molar-refractivity contribution in [2.45, 2.75) is 90.9 Å². The maximum absolute atomic E-state index is 11.5. The first-order valence-corrected chi connectivity index (χ1v) is 11.2. The molecule has 0 aliphatic heterocycles. The minimum absolute atomic E-state index is 0.171. The van der Waals surface area contributed by atoms with E-state index >= 15 is 0 Å². The topological polar surface area (TPSA) is 58.2 Å². The van der Waals surface area contributed by atoms with Crippen molar-refractivity contribution < 1.29 is 9.59 Å². The van der Waals surface area contributed by atoms with Gasteiger partial charge in [0.15, 0.2) is 0 Å². The first kappa shape index (κ1) is 26.2. The van der Waals surface area contributed by atoms with Gasteiger partial charge in [-0.3, -0.25) is 9.59 Å². The third kappa shape index (κ3) is 20.5. The number of carbonyl (C=O) groups excluding carboxylic acids is 2. The number of hydrogen-bond donors (Lipinski definition) is 2. The van der Waals surface area contributed by atoms with Crippen LogP contribution in [0.25, 0.3) is 0 Å². The van der Waals surface area contributed by atoms with E-state index in [0.29, 0.717) is 12.8 Å². The van der Waals surface area contributed by atoms with Gasteiger partial charge in [-0.15, -0.1) is 0 Å². The Morgan fingerprint density at radius 3 is 1.79 bits per heavy atom. The zero-order valence-corrected chi connectivity index (χ0v) is 18.2. The maximum Gasteiger partial charge on any atom is 0.220 e. The van der Waals surface area contributed by atoms with Crippen LogP contribution in [-0.4, -0.2) is 24.9 Å². The molecule has 0 aliphatic carbocycles. The average molecular weight is 391 g/mol. The molecule has 0 aromatic rings. The smallest absolute Gasteiger partial charge is 0.220 e. The van der Waals surface area contributed by atoms with Crippen molar-refractivity contribution >= 4 is 11.8 Å². The van der Waals surface area contributed by atoms with Crippen molar-refractivity contribution in [2.75, 3.05) is 13.1 Å². The van der Waals surface area contributed by atoms with Crippen LogP contribution in [0, 0.1) is 0 Å². The summed E-state index contributed by atoms with van der Waals surface area (Å²) >= 11 is 0. The van der Waals surface area contributed by atoms with Crippen molar-refractivity contribution in [3.05, 3.63) is 36.5 Å². The van der Waals surface area contributed by atoms with Gasteiger partial charge in [0.25, 0.3) is 0 Å². The fourth-order valence-corrected chi connectivity index (χ4v) is 2.57. The summed E-state index contributed by atoms with van der Waals surface area (Å²) in [4.78, 5) is 23.1. The molecule has 4 heteroatoms. The van der Waals surface area contributed by atoms with Gasteiger partial charge >= 0.3 is 0 Å². The molecule has 0 rings (SSSR count). The molecule has 4 nitrogen and oxygen atoms in total. The lowest BCUT2D eigenvalue weighted by atomic mass is 10.2. The standard InChI is InChI=1S/C24H42N2O2/c1-3-5-16-19-23(27)26-22-18-15-13-11-9-7-8-10-12-14-17-20-24(28)25-21-6-4-2/h7,9-10,12-13,15H,3-6,8,11,14,16-22H2,1-2H3,(H,25,28)(H,26,27)/b9-7-,12-10-,15-13-. The van der Waals surface area contributed by atoms with Crippen molar-refractivity contribution in [3.63, 3.8) is 0 Å². The van der Waals surface area contributed by atoms with E-state index in [9.17, 15) is 9.59 Å². The highest BCUT2D eigenvalue weighted by atomic mass is 16.2. The minimum Gasteiger partial charge on any atom is -0.356 e. The van der Waals surface area contributed by atoms with Crippen LogP contribution in [0.5, 0.6) is 0 Å². The van der Waals surface area contributed by atoms with E-state index in [1.54, 1.807) is 0 Å². The molecule has 0 spiro atoms. The second-order valence-electron chi connectivity index (χ2n) is 7.08. The number of amides is 2. The first-order chi connectivity index (χ1) is 13.7. The van der Waals surface area contributed by atoms with Gasteiger partial charge < -0.3 is 10.6 Å². The van der Waals surface area contributed by atoms with Gasteiger partial charge in [-0.2, -0.15) is 0 Å². The van der Waals surface area contributed by atoms with E-state index in [0.717, 1.165) is 77.3 Å². The van der Waals surface area contributed by atoms with E-state index in [1.807, 2.05) is 0 Å². The minimum atomic E-state index is 0.171. The van der Waals surface area contributed by atoms with E-state index in [-0.39, 0.29) is 11.8 Å². The molecule has 160 valence electrons. The fourth-order valence-electron chi connectivity index (χ4n) is 2.57. The van der Waals surface area contributed by atoms with Crippen LogP contribution in [0.3, 0.4) is 0 Å². The zero-order valence-electron chi connectivity index (χ0n) is 18.2. The molecule has 0 saturated carbocycles. The lowest BCUT2D eigenvalue weighted by molar-refractivity contribution is -0.122. The van der Waals surface area contributed by atoms with Crippen LogP contribution >= 0.6 is 0 Å². The third-order valence-corrected chi connectivity index (χ3v) is 4.31. The van der Waals surface area contributed by atoms with Gasteiger partial charge in [0.2, 0.25) is 11.8 Å². The summed E-state index contributed by atoms with van der Waals surface area (Å²) in [7, 11) is 0. The molecule has 0 fully saturated rings. The molecule has 0 radical (unpaired) electrons. The van der Waals surface area contributed by atoms with Gasteiger partial charge in [-0.25, -0.2) is 0 Å². The van der Waals surface area contributed by atoms with Crippen LogP contribution in [-0.2, 0) is 9.59 Å². The average Bonchev–Trinajstić information content (AvgIpc) is 2.68. The van der Waals surface area contributed by atoms with Crippen molar-refractivity contribution in [2.24, 2.45) is 0 Å². The summed E-state index contributed by atoms with van der Waals surface area (Å²) in [5, 5.41) is 5.90. The number of hydrogen-bond acceptors (Lipinski definition) is 2. The number of carbonyl (C=O) groups is 2. The van der Waals surface area contributed by atoms with Gasteiger partial charge in [-0.1, -0.05) is 69.6 Å². The molecule has 0 atom stereocenters. The van der Waals surface area contributed by atoms with Gasteiger partial charge in [-0.05, 0) is 44.9 Å². The largest absolute Gasteiger partial charge is 0.356 e. The Balaban J connectivity index is 3.47. The Morgan fingerprint density at radius 1 is 0.607 bits per heavy atom. The van der Waals surface area contributed by atoms with Crippen molar-refractivity contribution in [1.82, 2.24) is 10.6 Å². The lowest BCUT2D eigenvalue weighted by Gasteiger charge is -2.02. The second kappa shape index (κ2) is 21.5. The molecule has 0 saturated heterocycles. The Morgan fingerprint density at radius 2 is 1.14 bits per heavy atom. The van der Waals surface area contributed by atoms with Gasteiger partial charge in [0.05, 0.1) is 0 Å². The highest BCUT2D eigenvalue weighted by molar-refractivity contribution is 5.76. The van der Waals surface area contributed by atoms with Crippen LogP contribution in [0.15, 0.2) is 36.5 Å². The quantitative estimate of drug-likeness (QED) is 0.236. The predicted octanol–water partition coefficient (Wildman–Crippen LogP) is 5.61. The summed E-state index contributed by atoms with van der Waals surface area (Å²) in [6.07, 6.45) is 24.2. The third-order valence-electron chi connectivity index (χ3n) is 4.31. The molecule has 2 N–H and O–H groups in total. The molecular formula is C24H42N2O2. The molecule has 2 amide bonds. The van der Waals surface area contributed by atoms with E-state index < -0.39 is 0 Å². The van der Waals surface area contributed by atoms with Gasteiger partial charge in [0.1, 0.15) is 0 Å². The van der Waals surface area contributed by atoms with E-state index in [1.165, 1.54) is 0 Å². The number of rotatable bonds is 18. The SMILES string of the molecule is CCCCCC(=O)NCC/C=C\C/C=C\C/C=C\CCCC(=O)NCCCC. The first-order valence-electron chi connectivity index (χ1n) is 11.2. The summed E-state index contributed by atoms with van der Waals surface area (Å²) in [6.45, 7) is 5.80. The van der Waals surface area contributed by atoms with Crippen LogP contribution < -0.4 is 10.6 Å². The second-order valence-corrected chi connectivity index (χ2v) is 7.08. The Labute approximate surface area is 172 Å². The fraction of sp³-hybridized carbons (Fsp3) is 0.667. The summed E-state index contributed by atoms with van der Waals surface area (Å²) in [6, 6.07) is 0. The Bertz CT molecular complexity index is 425. The maximum atomic E-state index is 11.5. The number of nitrogens with one attached hydrogen (secondary N) is 2. The zero-order chi connectivity index (χ0) is 20.7. The molecule has 0 aliphatic rings. The molecular weight excluding hydrogens is 348 g/mol. The summed E-state index contributed by atoms with van der Waals surface area (Å²) in [5.74, 6) is 0.343. The summed E-state index contributed by atoms with van der Waals surface area (Å²) in [5.41, 5.74) is 0. The normalized spacial score (nSPS) is 11.6. The van der Waals surface area contributed by atoms with Crippen LogP contribution in [0.2, 0.25) is 0 Å². The summed E-state index contributed by atoms with van der Waals surface area (Å²) < 4.78 is 0. The monoisotopic (exact) mass is 390 g/mol. The lowest BCUT2D eigenvalue weighted by Crippen LogP contribution is -2.23. The Hall–Kier alpha value is -1.84. The highest BCUT2D eigenvalue weighted by Crippen LogP contribution is 2.00. The van der Waals surface area contributed by atoms with Crippen LogP contribution in [0.1, 0.15) is 90.9 Å². The molecule has 0 aromatic carbocycles. The molecule has 0 heterocycles. The van der Waals surface area contributed by atoms with Crippen LogP contribution in [0.4, 0.5) is 0 Å².